The quantitative estimate of drug-likeness (QED) is 0.588. The number of aromatic nitrogens is 2. The molecule has 0 atom stereocenters. The van der Waals surface area contributed by atoms with Crippen molar-refractivity contribution in [3.05, 3.63) is 12.3 Å². The lowest BCUT2D eigenvalue weighted by Crippen LogP contribution is -2.09. The topological polar surface area (TPSA) is 47.0 Å². The largest absolute Gasteiger partial charge is 0.475 e. The molecule has 0 unspecified atom stereocenters. The van der Waals surface area contributed by atoms with E-state index in [4.69, 9.17) is 11.2 Å². The van der Waals surface area contributed by atoms with Gasteiger partial charge < -0.3 is 10.1 Å². The molecule has 0 saturated heterocycles. The second kappa shape index (κ2) is 6.67. The van der Waals surface area contributed by atoms with Crippen LogP contribution in [0.1, 0.15) is 26.7 Å². The van der Waals surface area contributed by atoms with Crippen LogP contribution in [0, 0.1) is 12.3 Å². The van der Waals surface area contributed by atoms with Crippen molar-refractivity contribution in [2.75, 3.05) is 11.9 Å². The lowest BCUT2D eigenvalue weighted by atomic mass is 10.3. The maximum Gasteiger partial charge on any atom is 0.225 e. The molecule has 1 N–H and O–H groups in total. The lowest BCUT2D eigenvalue weighted by Gasteiger charge is -2.09. The van der Waals surface area contributed by atoms with Crippen LogP contribution in [-0.2, 0) is 0 Å². The van der Waals surface area contributed by atoms with Crippen LogP contribution in [0.4, 0.5) is 5.95 Å². The summed E-state index contributed by atoms with van der Waals surface area (Å²) in [5.74, 6) is 3.75. The Morgan fingerprint density at radius 2 is 2.38 bits per heavy atom. The Hall–Kier alpha value is -1.76. The molecule has 1 rings (SSSR count). The van der Waals surface area contributed by atoms with Gasteiger partial charge >= 0.3 is 0 Å². The van der Waals surface area contributed by atoms with Gasteiger partial charge in [0, 0.05) is 25.2 Å². The van der Waals surface area contributed by atoms with Crippen LogP contribution < -0.4 is 10.1 Å². The zero-order valence-corrected chi connectivity index (χ0v) is 9.73. The maximum atomic E-state index is 5.46. The molecule has 1 heterocycles. The van der Waals surface area contributed by atoms with E-state index in [-0.39, 0.29) is 6.10 Å². The molecule has 1 aromatic rings. The molecule has 0 spiro atoms. The predicted molar refractivity (Wildman–Crippen MR) is 64.4 cm³/mol. The van der Waals surface area contributed by atoms with E-state index >= 15 is 0 Å². The highest BCUT2D eigenvalue weighted by Gasteiger charge is 2.01. The summed E-state index contributed by atoms with van der Waals surface area (Å²) in [7, 11) is 0. The molecule has 0 fully saturated rings. The van der Waals surface area contributed by atoms with Gasteiger partial charge in [0.1, 0.15) is 0 Å². The molecule has 0 bridgehead atoms. The third-order valence-corrected chi connectivity index (χ3v) is 1.77. The molecule has 0 aliphatic carbocycles. The fraction of sp³-hybridized carbons (Fsp3) is 0.500. The van der Waals surface area contributed by atoms with Crippen molar-refractivity contribution >= 4 is 5.95 Å². The monoisotopic (exact) mass is 219 g/mol. The Bertz CT molecular complexity index is 358. The van der Waals surface area contributed by atoms with Crippen molar-refractivity contribution in [1.29, 1.82) is 0 Å². The molecule has 4 heteroatoms. The molecule has 0 aromatic carbocycles. The highest BCUT2D eigenvalue weighted by molar-refractivity contribution is 5.27. The van der Waals surface area contributed by atoms with Crippen molar-refractivity contribution in [3.8, 4) is 18.2 Å². The van der Waals surface area contributed by atoms with E-state index in [2.05, 4.69) is 21.2 Å². The SMILES string of the molecule is C#CCCCNc1nccc(OC(C)C)n1. The van der Waals surface area contributed by atoms with Gasteiger partial charge in [0.25, 0.3) is 0 Å². The number of hydrogen-bond donors (Lipinski definition) is 1. The summed E-state index contributed by atoms with van der Waals surface area (Å²) in [5, 5.41) is 3.10. The van der Waals surface area contributed by atoms with Gasteiger partial charge in [0.2, 0.25) is 11.8 Å². The van der Waals surface area contributed by atoms with Gasteiger partial charge in [0.05, 0.1) is 6.10 Å². The summed E-state index contributed by atoms with van der Waals surface area (Å²) < 4.78 is 5.46. The third kappa shape index (κ3) is 4.65. The first-order valence-electron chi connectivity index (χ1n) is 5.39. The average Bonchev–Trinajstić information content (AvgIpc) is 2.24. The van der Waals surface area contributed by atoms with Crippen LogP contribution in [0.5, 0.6) is 5.88 Å². The maximum absolute atomic E-state index is 5.46. The van der Waals surface area contributed by atoms with Gasteiger partial charge in [-0.15, -0.1) is 12.3 Å². The molecule has 86 valence electrons. The van der Waals surface area contributed by atoms with Crippen molar-refractivity contribution in [2.24, 2.45) is 0 Å². The van der Waals surface area contributed by atoms with Gasteiger partial charge in [-0.1, -0.05) is 0 Å². The van der Waals surface area contributed by atoms with E-state index in [1.165, 1.54) is 0 Å². The molecule has 0 aliphatic heterocycles. The normalized spacial score (nSPS) is 9.88. The summed E-state index contributed by atoms with van der Waals surface area (Å²) in [6, 6.07) is 1.74. The van der Waals surface area contributed by atoms with Crippen molar-refractivity contribution < 1.29 is 4.74 Å². The molecule has 4 nitrogen and oxygen atoms in total. The number of rotatable bonds is 6. The number of unbranched alkanes of at least 4 members (excludes halogenated alkanes) is 1. The van der Waals surface area contributed by atoms with Gasteiger partial charge in [-0.3, -0.25) is 0 Å². The second-order valence-electron chi connectivity index (χ2n) is 3.62. The number of terminal acetylenes is 1. The van der Waals surface area contributed by atoms with Gasteiger partial charge in [-0.2, -0.15) is 4.98 Å². The zero-order chi connectivity index (χ0) is 11.8. The molecule has 16 heavy (non-hydrogen) atoms. The minimum atomic E-state index is 0.115. The van der Waals surface area contributed by atoms with E-state index in [0.717, 1.165) is 19.4 Å². The highest BCUT2D eigenvalue weighted by atomic mass is 16.5. The van der Waals surface area contributed by atoms with E-state index < -0.39 is 0 Å². The smallest absolute Gasteiger partial charge is 0.225 e. The standard InChI is InChI=1S/C12H17N3O/c1-4-5-6-8-13-12-14-9-7-11(15-12)16-10(2)3/h1,7,9-10H,5-6,8H2,2-3H3,(H,13,14,15). The molecular weight excluding hydrogens is 202 g/mol. The van der Waals surface area contributed by atoms with Crippen molar-refractivity contribution in [1.82, 2.24) is 9.97 Å². The fourth-order valence-electron chi connectivity index (χ4n) is 1.13. The summed E-state index contributed by atoms with van der Waals surface area (Å²) in [6.07, 6.45) is 8.62. The first-order valence-corrected chi connectivity index (χ1v) is 5.39. The second-order valence-corrected chi connectivity index (χ2v) is 3.62. The van der Waals surface area contributed by atoms with E-state index in [9.17, 15) is 0 Å². The molecular formula is C12H17N3O. The lowest BCUT2D eigenvalue weighted by molar-refractivity contribution is 0.232. The summed E-state index contributed by atoms with van der Waals surface area (Å²) in [4.78, 5) is 8.30. The number of nitrogens with one attached hydrogen (secondary N) is 1. The highest BCUT2D eigenvalue weighted by Crippen LogP contribution is 2.10. The average molecular weight is 219 g/mol. The summed E-state index contributed by atoms with van der Waals surface area (Å²) in [6.45, 7) is 4.69. The number of hydrogen-bond acceptors (Lipinski definition) is 4. The molecule has 0 aliphatic rings. The number of nitrogens with zero attached hydrogens (tertiary/aromatic N) is 2. The zero-order valence-electron chi connectivity index (χ0n) is 9.73. The van der Waals surface area contributed by atoms with Gasteiger partial charge in [-0.25, -0.2) is 4.98 Å². The van der Waals surface area contributed by atoms with Crippen LogP contribution in [-0.4, -0.2) is 22.6 Å². The van der Waals surface area contributed by atoms with E-state index in [1.807, 2.05) is 13.8 Å². The number of ether oxygens (including phenoxy) is 1. The van der Waals surface area contributed by atoms with Crippen molar-refractivity contribution in [3.63, 3.8) is 0 Å². The number of anilines is 1. The summed E-state index contributed by atoms with van der Waals surface area (Å²) >= 11 is 0. The fourth-order valence-corrected chi connectivity index (χ4v) is 1.13. The Balaban J connectivity index is 2.44. The van der Waals surface area contributed by atoms with E-state index in [0.29, 0.717) is 11.8 Å². The minimum absolute atomic E-state index is 0.115. The van der Waals surface area contributed by atoms with Crippen LogP contribution in [0.3, 0.4) is 0 Å². The predicted octanol–water partition coefficient (Wildman–Crippen LogP) is 2.09. The first kappa shape index (κ1) is 12.3. The van der Waals surface area contributed by atoms with Crippen molar-refractivity contribution in [2.45, 2.75) is 32.8 Å². The third-order valence-electron chi connectivity index (χ3n) is 1.77. The van der Waals surface area contributed by atoms with Crippen LogP contribution >= 0.6 is 0 Å². The molecule has 0 radical (unpaired) electrons. The molecule has 1 aromatic heterocycles. The van der Waals surface area contributed by atoms with Gasteiger partial charge in [0.15, 0.2) is 0 Å². The Morgan fingerprint density at radius 1 is 1.56 bits per heavy atom. The Morgan fingerprint density at radius 3 is 3.06 bits per heavy atom. The van der Waals surface area contributed by atoms with Crippen LogP contribution in [0.25, 0.3) is 0 Å². The minimum Gasteiger partial charge on any atom is -0.475 e. The van der Waals surface area contributed by atoms with E-state index in [1.54, 1.807) is 12.3 Å². The Kier molecular flexibility index (Phi) is 5.13. The summed E-state index contributed by atoms with van der Waals surface area (Å²) in [5.41, 5.74) is 0. The first-order chi connectivity index (χ1) is 7.72. The molecule has 0 amide bonds. The Labute approximate surface area is 96.5 Å². The van der Waals surface area contributed by atoms with Gasteiger partial charge in [-0.05, 0) is 20.3 Å². The van der Waals surface area contributed by atoms with Crippen LogP contribution in [0.15, 0.2) is 12.3 Å². The molecule has 0 saturated carbocycles. The van der Waals surface area contributed by atoms with Crippen LogP contribution in [0.2, 0.25) is 0 Å².